The Morgan fingerprint density at radius 3 is 2.47 bits per heavy atom. The zero-order valence-electron chi connectivity index (χ0n) is 10.9. The Kier molecular flexibility index (Phi) is 5.31. The molecule has 0 aliphatic carbocycles. The van der Waals surface area contributed by atoms with Gasteiger partial charge in [-0.25, -0.2) is 0 Å². The van der Waals surface area contributed by atoms with E-state index in [0.29, 0.717) is 0 Å². The Balaban J connectivity index is 2.66. The summed E-state index contributed by atoms with van der Waals surface area (Å²) in [7, 11) is 0. The number of rotatable bonds is 2. The van der Waals surface area contributed by atoms with Crippen LogP contribution in [0.2, 0.25) is 0 Å². The maximum Gasteiger partial charge on any atom is 0.185 e. The lowest BCUT2D eigenvalue weighted by atomic mass is 10.0. The van der Waals surface area contributed by atoms with Crippen molar-refractivity contribution in [3.63, 3.8) is 0 Å². The number of hydrogen-bond donors (Lipinski definition) is 0. The van der Waals surface area contributed by atoms with Crippen LogP contribution in [0.5, 0.6) is 0 Å². The number of carbonyl (C=O) groups excluding carboxylic acids is 1. The molecule has 1 rings (SSSR count). The molecule has 0 saturated heterocycles. The van der Waals surface area contributed by atoms with Gasteiger partial charge in [-0.2, -0.15) is 0 Å². The molecule has 0 fully saturated rings. The molecule has 2 heteroatoms. The molecule has 0 unspecified atom stereocenters. The highest BCUT2D eigenvalue weighted by Gasteiger charge is 1.98. The Morgan fingerprint density at radius 2 is 1.82 bits per heavy atom. The number of aryl methyl sites for hydroxylation is 3. The van der Waals surface area contributed by atoms with E-state index in [1.165, 1.54) is 28.5 Å². The van der Waals surface area contributed by atoms with Gasteiger partial charge >= 0.3 is 0 Å². The second-order valence-electron chi connectivity index (χ2n) is 4.14. The van der Waals surface area contributed by atoms with E-state index in [9.17, 15) is 4.79 Å². The van der Waals surface area contributed by atoms with Crippen LogP contribution >= 0.6 is 11.8 Å². The fraction of sp³-hybridized carbons (Fsp3) is 0.400. The van der Waals surface area contributed by atoms with Crippen LogP contribution in [0.3, 0.4) is 0 Å². The van der Waals surface area contributed by atoms with Gasteiger partial charge in [-0.3, -0.25) is 4.79 Å². The highest BCUT2D eigenvalue weighted by Crippen LogP contribution is 2.14. The monoisotopic (exact) mass is 246 g/mol. The van der Waals surface area contributed by atoms with Gasteiger partial charge in [0.25, 0.3) is 0 Å². The molecule has 0 amide bonds. The first-order chi connectivity index (χ1) is 8.00. The fourth-order valence-corrected chi connectivity index (χ4v) is 1.99. The normalized spacial score (nSPS) is 9.65. The van der Waals surface area contributed by atoms with Crippen LogP contribution in [0.15, 0.2) is 12.1 Å². The third kappa shape index (κ3) is 4.66. The van der Waals surface area contributed by atoms with Gasteiger partial charge in [0.1, 0.15) is 0 Å². The van der Waals surface area contributed by atoms with Gasteiger partial charge in [0.2, 0.25) is 0 Å². The minimum atomic E-state index is 0.161. The zero-order chi connectivity index (χ0) is 12.8. The van der Waals surface area contributed by atoms with Gasteiger partial charge in [-0.1, -0.05) is 29.7 Å². The van der Waals surface area contributed by atoms with E-state index in [-0.39, 0.29) is 5.12 Å². The summed E-state index contributed by atoms with van der Waals surface area (Å²) in [5.74, 6) is 7.09. The molecule has 17 heavy (non-hydrogen) atoms. The third-order valence-electron chi connectivity index (χ3n) is 2.60. The highest BCUT2D eigenvalue weighted by molar-refractivity contribution is 8.13. The molecular formula is C15H18OS. The Labute approximate surface area is 108 Å². The maximum absolute atomic E-state index is 10.7. The smallest absolute Gasteiger partial charge is 0.185 e. The van der Waals surface area contributed by atoms with Crippen LogP contribution in [0.25, 0.3) is 0 Å². The zero-order valence-corrected chi connectivity index (χ0v) is 11.7. The SMILES string of the molecule is CC(=O)SCCC#Cc1cc(C)c(C)cc1C. The van der Waals surface area contributed by atoms with Crippen molar-refractivity contribution in [2.24, 2.45) is 0 Å². The van der Waals surface area contributed by atoms with Gasteiger partial charge in [0, 0.05) is 24.7 Å². The van der Waals surface area contributed by atoms with Crippen molar-refractivity contribution in [3.8, 4) is 11.8 Å². The average Bonchev–Trinajstić information content (AvgIpc) is 2.24. The summed E-state index contributed by atoms with van der Waals surface area (Å²) in [4.78, 5) is 10.7. The summed E-state index contributed by atoms with van der Waals surface area (Å²) in [6.45, 7) is 7.89. The Hall–Kier alpha value is -1.20. The molecule has 0 spiro atoms. The van der Waals surface area contributed by atoms with E-state index in [1.54, 1.807) is 6.92 Å². The van der Waals surface area contributed by atoms with Crippen molar-refractivity contribution in [2.75, 3.05) is 5.75 Å². The van der Waals surface area contributed by atoms with Crippen molar-refractivity contribution in [1.29, 1.82) is 0 Å². The molecular weight excluding hydrogens is 228 g/mol. The summed E-state index contributed by atoms with van der Waals surface area (Å²) < 4.78 is 0. The second-order valence-corrected chi connectivity index (χ2v) is 5.42. The Morgan fingerprint density at radius 1 is 1.18 bits per heavy atom. The molecule has 0 N–H and O–H groups in total. The minimum absolute atomic E-state index is 0.161. The molecule has 1 aromatic carbocycles. The molecule has 0 radical (unpaired) electrons. The highest BCUT2D eigenvalue weighted by atomic mass is 32.2. The minimum Gasteiger partial charge on any atom is -0.288 e. The quantitative estimate of drug-likeness (QED) is 0.585. The molecule has 0 aliphatic rings. The third-order valence-corrected chi connectivity index (χ3v) is 3.41. The van der Waals surface area contributed by atoms with Crippen molar-refractivity contribution in [1.82, 2.24) is 0 Å². The standard InChI is InChI=1S/C15H18OS/c1-11-9-13(3)15(10-12(11)2)7-5-6-8-17-14(4)16/h9-10H,6,8H2,1-4H3. The van der Waals surface area contributed by atoms with E-state index >= 15 is 0 Å². The maximum atomic E-state index is 10.7. The molecule has 0 aliphatic heterocycles. The first-order valence-corrected chi connectivity index (χ1v) is 6.69. The summed E-state index contributed by atoms with van der Waals surface area (Å²) in [5.41, 5.74) is 4.90. The van der Waals surface area contributed by atoms with E-state index in [1.807, 2.05) is 0 Å². The number of hydrogen-bond acceptors (Lipinski definition) is 2. The lowest BCUT2D eigenvalue weighted by Gasteiger charge is -2.04. The van der Waals surface area contributed by atoms with Crippen LogP contribution in [-0.4, -0.2) is 10.9 Å². The van der Waals surface area contributed by atoms with Crippen LogP contribution in [-0.2, 0) is 4.79 Å². The fourth-order valence-electron chi connectivity index (χ4n) is 1.50. The second kappa shape index (κ2) is 6.51. The van der Waals surface area contributed by atoms with Gasteiger partial charge in [-0.05, 0) is 43.5 Å². The van der Waals surface area contributed by atoms with E-state index in [2.05, 4.69) is 44.7 Å². The van der Waals surface area contributed by atoms with E-state index in [0.717, 1.165) is 17.7 Å². The van der Waals surface area contributed by atoms with Crippen molar-refractivity contribution in [2.45, 2.75) is 34.1 Å². The summed E-state index contributed by atoms with van der Waals surface area (Å²) in [6, 6.07) is 4.31. The van der Waals surface area contributed by atoms with Gasteiger partial charge in [0.15, 0.2) is 5.12 Å². The lowest BCUT2D eigenvalue weighted by molar-refractivity contribution is -0.109. The molecule has 1 nitrogen and oxygen atoms in total. The molecule has 0 aromatic heterocycles. The molecule has 0 saturated carbocycles. The van der Waals surface area contributed by atoms with Crippen LogP contribution in [0.4, 0.5) is 0 Å². The molecule has 0 heterocycles. The Bertz CT molecular complexity index is 478. The first-order valence-electron chi connectivity index (χ1n) is 5.71. The number of benzene rings is 1. The van der Waals surface area contributed by atoms with E-state index < -0.39 is 0 Å². The predicted octanol–water partition coefficient (Wildman–Crippen LogP) is 3.63. The predicted molar refractivity (Wildman–Crippen MR) is 75.3 cm³/mol. The number of thioether (sulfide) groups is 1. The summed E-state index contributed by atoms with van der Waals surface area (Å²) >= 11 is 1.33. The average molecular weight is 246 g/mol. The first kappa shape index (κ1) is 13.9. The van der Waals surface area contributed by atoms with Crippen molar-refractivity contribution >= 4 is 16.9 Å². The van der Waals surface area contributed by atoms with Crippen LogP contribution in [0, 0.1) is 32.6 Å². The topological polar surface area (TPSA) is 17.1 Å². The summed E-state index contributed by atoms with van der Waals surface area (Å²) in [5, 5.41) is 0.161. The van der Waals surface area contributed by atoms with Gasteiger partial charge < -0.3 is 0 Å². The molecule has 1 aromatic rings. The lowest BCUT2D eigenvalue weighted by Crippen LogP contribution is -1.88. The van der Waals surface area contributed by atoms with Crippen LogP contribution < -0.4 is 0 Å². The molecule has 90 valence electrons. The summed E-state index contributed by atoms with van der Waals surface area (Å²) in [6.07, 6.45) is 0.761. The van der Waals surface area contributed by atoms with E-state index in [4.69, 9.17) is 0 Å². The van der Waals surface area contributed by atoms with Crippen LogP contribution in [0.1, 0.15) is 35.6 Å². The molecule has 0 atom stereocenters. The van der Waals surface area contributed by atoms with Gasteiger partial charge in [-0.15, -0.1) is 0 Å². The van der Waals surface area contributed by atoms with Crippen molar-refractivity contribution < 1.29 is 4.79 Å². The largest absolute Gasteiger partial charge is 0.288 e. The van der Waals surface area contributed by atoms with Crippen molar-refractivity contribution in [3.05, 3.63) is 34.4 Å². The van der Waals surface area contributed by atoms with Gasteiger partial charge in [0.05, 0.1) is 0 Å². The number of carbonyl (C=O) groups is 1. The molecule has 0 bridgehead atoms.